The fraction of sp³-hybridized carbons (Fsp3) is 0.923. The Bertz CT molecular complexity index is 263. The van der Waals surface area contributed by atoms with E-state index in [2.05, 4.69) is 10.2 Å². The maximum absolute atomic E-state index is 11.6. The second-order valence-corrected chi connectivity index (χ2v) is 5.86. The van der Waals surface area contributed by atoms with Crippen LogP contribution in [0.4, 0.5) is 4.79 Å². The first-order valence-electron chi connectivity index (χ1n) is 6.83. The van der Waals surface area contributed by atoms with Gasteiger partial charge in [0.05, 0.1) is 0 Å². The summed E-state index contributed by atoms with van der Waals surface area (Å²) in [6, 6.07) is 0.434. The number of ether oxygens (including phenoxy) is 1. The number of carbonyl (C=O) groups is 1. The lowest BCUT2D eigenvalue weighted by molar-refractivity contribution is 0.0513. The van der Waals surface area contributed by atoms with Gasteiger partial charge in [-0.05, 0) is 59.7 Å². The van der Waals surface area contributed by atoms with Crippen LogP contribution in [0.3, 0.4) is 0 Å². The van der Waals surface area contributed by atoms with Gasteiger partial charge in [-0.25, -0.2) is 4.79 Å². The van der Waals surface area contributed by atoms with Gasteiger partial charge in [0.1, 0.15) is 5.60 Å². The molecule has 5 nitrogen and oxygen atoms in total. The van der Waals surface area contributed by atoms with Crippen LogP contribution in [-0.2, 0) is 4.74 Å². The number of alkyl carbamates (subject to hydrolysis) is 1. The van der Waals surface area contributed by atoms with Crippen molar-refractivity contribution in [2.24, 2.45) is 5.73 Å². The Morgan fingerprint density at radius 1 is 1.50 bits per heavy atom. The molecule has 18 heavy (non-hydrogen) atoms. The van der Waals surface area contributed by atoms with Crippen molar-refractivity contribution >= 4 is 6.09 Å². The van der Waals surface area contributed by atoms with Crippen molar-refractivity contribution in [3.05, 3.63) is 0 Å². The summed E-state index contributed by atoms with van der Waals surface area (Å²) in [6.45, 7) is 9.14. The lowest BCUT2D eigenvalue weighted by Gasteiger charge is -2.25. The Balaban J connectivity index is 2.27. The minimum atomic E-state index is -0.432. The van der Waals surface area contributed by atoms with E-state index in [9.17, 15) is 4.79 Å². The van der Waals surface area contributed by atoms with E-state index >= 15 is 0 Å². The number of amides is 1. The molecule has 0 saturated carbocycles. The molecule has 0 radical (unpaired) electrons. The fourth-order valence-electron chi connectivity index (χ4n) is 2.23. The number of nitrogens with one attached hydrogen (secondary N) is 1. The van der Waals surface area contributed by atoms with E-state index in [1.165, 1.54) is 6.42 Å². The molecule has 1 saturated heterocycles. The van der Waals surface area contributed by atoms with Crippen molar-refractivity contribution < 1.29 is 9.53 Å². The molecule has 0 spiro atoms. The van der Waals surface area contributed by atoms with E-state index in [4.69, 9.17) is 10.5 Å². The molecule has 0 aliphatic carbocycles. The highest BCUT2D eigenvalue weighted by molar-refractivity contribution is 5.67. The lowest BCUT2D eigenvalue weighted by Crippen LogP contribution is -2.42. The van der Waals surface area contributed by atoms with Crippen LogP contribution < -0.4 is 11.1 Å². The number of hydrogen-bond acceptors (Lipinski definition) is 4. The van der Waals surface area contributed by atoms with Crippen LogP contribution in [0.25, 0.3) is 0 Å². The summed E-state index contributed by atoms with van der Waals surface area (Å²) in [5.74, 6) is 0. The molecule has 1 heterocycles. The zero-order valence-corrected chi connectivity index (χ0v) is 11.9. The smallest absolute Gasteiger partial charge is 0.407 e. The van der Waals surface area contributed by atoms with E-state index < -0.39 is 5.60 Å². The van der Waals surface area contributed by atoms with Gasteiger partial charge < -0.3 is 15.8 Å². The third-order valence-corrected chi connectivity index (χ3v) is 3.03. The van der Waals surface area contributed by atoms with E-state index in [1.54, 1.807) is 0 Å². The van der Waals surface area contributed by atoms with Gasteiger partial charge >= 0.3 is 6.09 Å². The third kappa shape index (κ3) is 5.69. The van der Waals surface area contributed by atoms with Crippen LogP contribution in [0.2, 0.25) is 0 Å². The zero-order valence-electron chi connectivity index (χ0n) is 11.9. The summed E-state index contributed by atoms with van der Waals surface area (Å²) in [4.78, 5) is 14.0. The summed E-state index contributed by atoms with van der Waals surface area (Å²) in [5.41, 5.74) is 5.10. The molecule has 3 N–H and O–H groups in total. The number of carbonyl (C=O) groups excluding carboxylic acids is 1. The molecular formula is C13H27N3O2. The fourth-order valence-corrected chi connectivity index (χ4v) is 2.23. The number of hydrogen-bond donors (Lipinski definition) is 2. The van der Waals surface area contributed by atoms with Crippen molar-refractivity contribution in [1.82, 2.24) is 10.2 Å². The molecule has 1 atom stereocenters. The molecule has 1 aliphatic heterocycles. The Morgan fingerprint density at radius 3 is 2.83 bits per heavy atom. The van der Waals surface area contributed by atoms with E-state index in [-0.39, 0.29) is 6.09 Å². The number of nitrogens with zero attached hydrogens (tertiary/aromatic N) is 1. The Morgan fingerprint density at radius 2 is 2.22 bits per heavy atom. The lowest BCUT2D eigenvalue weighted by atomic mass is 10.2. The average Bonchev–Trinajstić information content (AvgIpc) is 2.68. The Kier molecular flexibility index (Phi) is 5.88. The van der Waals surface area contributed by atoms with Crippen LogP contribution in [0, 0.1) is 0 Å². The van der Waals surface area contributed by atoms with Gasteiger partial charge in [0, 0.05) is 12.6 Å². The van der Waals surface area contributed by atoms with Gasteiger partial charge in [-0.3, -0.25) is 4.90 Å². The number of nitrogens with two attached hydrogens (primary N) is 1. The second-order valence-electron chi connectivity index (χ2n) is 5.86. The topological polar surface area (TPSA) is 67.6 Å². The van der Waals surface area contributed by atoms with Crippen molar-refractivity contribution in [2.75, 3.05) is 26.2 Å². The maximum atomic E-state index is 11.6. The van der Waals surface area contributed by atoms with Crippen LogP contribution >= 0.6 is 0 Å². The molecule has 106 valence electrons. The zero-order chi connectivity index (χ0) is 13.6. The summed E-state index contributed by atoms with van der Waals surface area (Å²) in [7, 11) is 0. The minimum absolute atomic E-state index is 0.326. The van der Waals surface area contributed by atoms with Gasteiger partial charge in [-0.15, -0.1) is 0 Å². The minimum Gasteiger partial charge on any atom is -0.444 e. The SMILES string of the molecule is CC(C)(C)OC(=O)NC[C@@H]1CCCN1CCCN. The highest BCUT2D eigenvalue weighted by Gasteiger charge is 2.25. The average molecular weight is 257 g/mol. The molecule has 1 aliphatic rings. The van der Waals surface area contributed by atoms with Crippen molar-refractivity contribution in [1.29, 1.82) is 0 Å². The number of rotatable bonds is 5. The molecule has 0 aromatic rings. The first-order valence-corrected chi connectivity index (χ1v) is 6.83. The van der Waals surface area contributed by atoms with E-state index in [1.807, 2.05) is 20.8 Å². The van der Waals surface area contributed by atoms with E-state index in [0.717, 1.165) is 32.5 Å². The molecule has 0 bridgehead atoms. The predicted octanol–water partition coefficient (Wildman–Crippen LogP) is 1.32. The molecule has 1 rings (SSSR count). The quantitative estimate of drug-likeness (QED) is 0.779. The summed E-state index contributed by atoms with van der Waals surface area (Å²) in [5, 5.41) is 2.85. The molecular weight excluding hydrogens is 230 g/mol. The van der Waals surface area contributed by atoms with Crippen molar-refractivity contribution in [3.8, 4) is 0 Å². The monoisotopic (exact) mass is 257 g/mol. The highest BCUT2D eigenvalue weighted by atomic mass is 16.6. The molecule has 0 unspecified atom stereocenters. The first-order chi connectivity index (χ1) is 8.42. The van der Waals surface area contributed by atoms with E-state index in [0.29, 0.717) is 12.6 Å². The van der Waals surface area contributed by atoms with Crippen LogP contribution in [0.5, 0.6) is 0 Å². The second kappa shape index (κ2) is 6.95. The first kappa shape index (κ1) is 15.2. The molecule has 0 aromatic carbocycles. The van der Waals surface area contributed by atoms with Crippen molar-refractivity contribution in [3.63, 3.8) is 0 Å². The maximum Gasteiger partial charge on any atom is 0.407 e. The highest BCUT2D eigenvalue weighted by Crippen LogP contribution is 2.16. The van der Waals surface area contributed by atoms with Crippen LogP contribution in [-0.4, -0.2) is 48.8 Å². The van der Waals surface area contributed by atoms with Gasteiger partial charge in [0.2, 0.25) is 0 Å². The molecule has 0 aromatic heterocycles. The van der Waals surface area contributed by atoms with Gasteiger partial charge in [0.25, 0.3) is 0 Å². The Labute approximate surface area is 110 Å². The normalized spacial score (nSPS) is 21.0. The molecule has 1 amide bonds. The number of likely N-dealkylation sites (tertiary alicyclic amines) is 1. The largest absolute Gasteiger partial charge is 0.444 e. The molecule has 5 heteroatoms. The van der Waals surface area contributed by atoms with Gasteiger partial charge in [0.15, 0.2) is 0 Å². The standard InChI is InChI=1S/C13H27N3O2/c1-13(2,3)18-12(17)15-10-11-6-4-8-16(11)9-5-7-14/h11H,4-10,14H2,1-3H3,(H,15,17)/t11-/m0/s1. The summed E-state index contributed by atoms with van der Waals surface area (Å²) < 4.78 is 5.23. The van der Waals surface area contributed by atoms with Crippen LogP contribution in [0.15, 0.2) is 0 Å². The third-order valence-electron chi connectivity index (χ3n) is 3.03. The Hall–Kier alpha value is -0.810. The summed E-state index contributed by atoms with van der Waals surface area (Å²) in [6.07, 6.45) is 3.03. The van der Waals surface area contributed by atoms with Crippen molar-refractivity contribution in [2.45, 2.75) is 51.7 Å². The van der Waals surface area contributed by atoms with Crippen LogP contribution in [0.1, 0.15) is 40.0 Å². The predicted molar refractivity (Wildman–Crippen MR) is 72.5 cm³/mol. The summed E-state index contributed by atoms with van der Waals surface area (Å²) >= 11 is 0. The van der Waals surface area contributed by atoms with Gasteiger partial charge in [-0.1, -0.05) is 0 Å². The van der Waals surface area contributed by atoms with Gasteiger partial charge in [-0.2, -0.15) is 0 Å². The molecule has 1 fully saturated rings.